The fourth-order valence-electron chi connectivity index (χ4n) is 6.72. The van der Waals surface area contributed by atoms with Crippen molar-refractivity contribution in [3.05, 3.63) is 86.6 Å². The summed E-state index contributed by atoms with van der Waals surface area (Å²) in [5.41, 5.74) is 2.16. The largest absolute Gasteiger partial charge is 0.480 e. The highest BCUT2D eigenvalue weighted by Gasteiger charge is 2.60. The lowest BCUT2D eigenvalue weighted by Gasteiger charge is -2.20. The Hall–Kier alpha value is -4.72. The van der Waals surface area contributed by atoms with Crippen LogP contribution in [0.15, 0.2) is 59.7 Å². The summed E-state index contributed by atoms with van der Waals surface area (Å²) in [6.45, 7) is 8.29. The Morgan fingerprint density at radius 2 is 1.69 bits per heavy atom. The number of methoxy groups -OCH3 is 1. The smallest absolute Gasteiger partial charge is 0.309 e. The lowest BCUT2D eigenvalue weighted by atomic mass is 10.0. The van der Waals surface area contributed by atoms with Gasteiger partial charge in [0.25, 0.3) is 12.0 Å². The number of carbonyl (C=O) groups excluding carboxylic acids is 1. The molecular formula is C37H37Cl2F2N7O4. The first kappa shape index (κ1) is 37.1. The zero-order valence-corrected chi connectivity index (χ0v) is 30.7. The zero-order valence-electron chi connectivity index (χ0n) is 29.2. The molecule has 2 fully saturated rings. The molecule has 15 heteroatoms. The Morgan fingerprint density at radius 1 is 1.02 bits per heavy atom. The van der Waals surface area contributed by atoms with E-state index in [-0.39, 0.29) is 33.5 Å². The summed E-state index contributed by atoms with van der Waals surface area (Å²) in [5, 5.41) is 7.83. The predicted molar refractivity (Wildman–Crippen MR) is 196 cm³/mol. The molecule has 0 spiro atoms. The minimum absolute atomic E-state index is 0.0131. The fourth-order valence-corrected chi connectivity index (χ4v) is 7.32. The number of anilines is 2. The van der Waals surface area contributed by atoms with Gasteiger partial charge in [-0.25, -0.2) is 23.4 Å². The number of pyridine rings is 1. The second-order valence-corrected chi connectivity index (χ2v) is 13.0. The van der Waals surface area contributed by atoms with Crippen molar-refractivity contribution < 1.29 is 23.0 Å². The molecule has 5 aromatic rings. The van der Waals surface area contributed by atoms with Crippen molar-refractivity contribution in [1.29, 1.82) is 0 Å². The molecule has 2 unspecified atom stereocenters. The molecule has 3 aromatic heterocycles. The van der Waals surface area contributed by atoms with Crippen LogP contribution in [0, 0.1) is 17.8 Å². The minimum Gasteiger partial charge on any atom is -0.480 e. The third kappa shape index (κ3) is 7.04. The molecule has 11 nitrogen and oxygen atoms in total. The van der Waals surface area contributed by atoms with E-state index in [0.717, 1.165) is 23.8 Å². The number of esters is 1. The van der Waals surface area contributed by atoms with Crippen LogP contribution in [-0.4, -0.2) is 62.4 Å². The molecule has 1 aliphatic carbocycles. The maximum absolute atomic E-state index is 13.7. The Morgan fingerprint density at radius 3 is 2.37 bits per heavy atom. The highest BCUT2D eigenvalue weighted by Crippen LogP contribution is 2.52. The highest BCUT2D eigenvalue weighted by molar-refractivity contribution is 6.39. The Labute approximate surface area is 308 Å². The minimum atomic E-state index is -2.88. The van der Waals surface area contributed by atoms with Gasteiger partial charge in [-0.15, -0.1) is 0 Å². The van der Waals surface area contributed by atoms with Gasteiger partial charge in [-0.2, -0.15) is 5.10 Å². The number of fused-ring (bicyclic) bond motifs is 2. The van der Waals surface area contributed by atoms with Crippen LogP contribution < -0.4 is 15.6 Å². The summed E-state index contributed by atoms with van der Waals surface area (Å²) in [7, 11) is 3.00. The van der Waals surface area contributed by atoms with Gasteiger partial charge >= 0.3 is 5.97 Å². The maximum atomic E-state index is 13.7. The Balaban J connectivity index is 0.00000228. The number of alkyl halides is 2. The van der Waals surface area contributed by atoms with Crippen molar-refractivity contribution in [3.63, 3.8) is 0 Å². The average Bonchev–Trinajstić information content (AvgIpc) is 3.66. The SMILES string of the molecule is CC.CCOC(=O)C1C2CN(Cc3ncc(-c4cccc(-c5cccc(Nc6nc(C(F)F)cc7cnn(C)c(=O)c67)c5Cl)c4Cl)nc3OC)CC21. The van der Waals surface area contributed by atoms with Gasteiger partial charge in [0.1, 0.15) is 17.2 Å². The van der Waals surface area contributed by atoms with Crippen LogP contribution in [0.4, 0.5) is 20.3 Å². The number of benzene rings is 2. The van der Waals surface area contributed by atoms with E-state index in [0.29, 0.717) is 69.7 Å². The molecule has 0 bridgehead atoms. The molecule has 2 atom stereocenters. The van der Waals surface area contributed by atoms with Gasteiger partial charge in [-0.1, -0.05) is 67.4 Å². The topological polar surface area (TPSA) is 124 Å². The number of aryl methyl sites for hydroxylation is 1. The van der Waals surface area contributed by atoms with Gasteiger partial charge in [0.15, 0.2) is 0 Å². The van der Waals surface area contributed by atoms with Crippen LogP contribution in [0.25, 0.3) is 33.2 Å². The van der Waals surface area contributed by atoms with Crippen LogP contribution in [0.1, 0.15) is 38.6 Å². The van der Waals surface area contributed by atoms with Crippen molar-refractivity contribution in [1.82, 2.24) is 29.6 Å². The van der Waals surface area contributed by atoms with Crippen molar-refractivity contribution in [2.45, 2.75) is 33.7 Å². The number of nitrogens with one attached hydrogen (secondary N) is 1. The maximum Gasteiger partial charge on any atom is 0.309 e. The standard InChI is InChI=1S/C35H31Cl2F2N7O4.C2H6/c1-4-50-35(48)28-21-14-46(15-22(21)28)16-26-33(49-3)44-25(13-40-26)20-9-5-7-18(29(20)36)19-8-6-10-23(30(19)37)42-32-27-17(11-24(43-32)31(38)39)12-41-45(2)34(27)47;1-2/h5-13,21-22,28,31H,4,14-16H2,1-3H3,(H,42,43);1-2H3. The quantitative estimate of drug-likeness (QED) is 0.142. The first-order chi connectivity index (χ1) is 25.1. The molecule has 2 aliphatic rings. The summed E-state index contributed by atoms with van der Waals surface area (Å²) in [6, 6.07) is 11.7. The first-order valence-electron chi connectivity index (χ1n) is 16.9. The van der Waals surface area contributed by atoms with Crippen molar-refractivity contribution >= 4 is 51.4 Å². The summed E-state index contributed by atoms with van der Waals surface area (Å²) < 4.78 is 39.4. The van der Waals surface area contributed by atoms with E-state index in [9.17, 15) is 18.4 Å². The fraction of sp³-hybridized carbons (Fsp3) is 0.351. The second kappa shape index (κ2) is 15.5. The molecule has 7 rings (SSSR count). The third-order valence-corrected chi connectivity index (χ3v) is 10.0. The van der Waals surface area contributed by atoms with E-state index in [1.54, 1.807) is 30.5 Å². The van der Waals surface area contributed by atoms with E-state index in [1.165, 1.54) is 20.4 Å². The Kier molecular flexibility index (Phi) is 11.0. The van der Waals surface area contributed by atoms with Crippen LogP contribution >= 0.6 is 23.2 Å². The molecular weight excluding hydrogens is 715 g/mol. The number of nitrogens with zero attached hydrogens (tertiary/aromatic N) is 6. The summed E-state index contributed by atoms with van der Waals surface area (Å²) >= 11 is 13.9. The lowest BCUT2D eigenvalue weighted by molar-refractivity contribution is -0.145. The van der Waals surface area contributed by atoms with Crippen LogP contribution in [-0.2, 0) is 23.1 Å². The molecule has 1 N–H and O–H groups in total. The summed E-state index contributed by atoms with van der Waals surface area (Å²) in [6.07, 6.45) is 0.0999. The number of carbonyl (C=O) groups is 1. The number of hydrogen-bond donors (Lipinski definition) is 1. The predicted octanol–water partition coefficient (Wildman–Crippen LogP) is 7.72. The molecule has 4 heterocycles. The molecule has 1 saturated heterocycles. The molecule has 272 valence electrons. The molecule has 1 aliphatic heterocycles. The summed E-state index contributed by atoms with van der Waals surface area (Å²) in [5.74, 6) is 0.771. The van der Waals surface area contributed by atoms with Gasteiger partial charge in [0.05, 0.1) is 58.8 Å². The number of rotatable bonds is 10. The number of halogens is 4. The third-order valence-electron chi connectivity index (χ3n) is 9.19. The van der Waals surface area contributed by atoms with Crippen molar-refractivity contribution in [3.8, 4) is 28.3 Å². The van der Waals surface area contributed by atoms with Gasteiger partial charge in [-0.05, 0) is 30.9 Å². The summed E-state index contributed by atoms with van der Waals surface area (Å²) in [4.78, 5) is 40.9. The number of ether oxygens (including phenoxy) is 2. The van der Waals surface area contributed by atoms with Crippen molar-refractivity contribution in [2.24, 2.45) is 24.8 Å². The first-order valence-corrected chi connectivity index (χ1v) is 17.6. The monoisotopic (exact) mass is 751 g/mol. The molecule has 0 radical (unpaired) electrons. The molecule has 0 amide bonds. The number of hydrogen-bond acceptors (Lipinski definition) is 10. The van der Waals surface area contributed by atoms with Crippen LogP contribution in [0.2, 0.25) is 10.0 Å². The van der Waals surface area contributed by atoms with Gasteiger partial charge < -0.3 is 14.8 Å². The highest BCUT2D eigenvalue weighted by atomic mass is 35.5. The number of piperidine rings is 1. The van der Waals surface area contributed by atoms with E-state index in [1.807, 2.05) is 32.9 Å². The Bertz CT molecular complexity index is 2190. The van der Waals surface area contributed by atoms with Gasteiger partial charge in [0, 0.05) is 48.8 Å². The number of aromatic nitrogens is 5. The van der Waals surface area contributed by atoms with Gasteiger partial charge in [0.2, 0.25) is 5.88 Å². The lowest BCUT2D eigenvalue weighted by Crippen LogP contribution is -2.27. The average molecular weight is 753 g/mol. The molecule has 1 saturated carbocycles. The molecule has 52 heavy (non-hydrogen) atoms. The zero-order chi connectivity index (χ0) is 37.3. The van der Waals surface area contributed by atoms with Gasteiger partial charge in [-0.3, -0.25) is 19.5 Å². The van der Waals surface area contributed by atoms with E-state index in [4.69, 9.17) is 37.7 Å². The van der Waals surface area contributed by atoms with Crippen molar-refractivity contribution in [2.75, 3.05) is 32.1 Å². The number of likely N-dealkylation sites (tertiary alicyclic amines) is 1. The van der Waals surface area contributed by atoms with E-state index >= 15 is 0 Å². The molecule has 2 aromatic carbocycles. The van der Waals surface area contributed by atoms with E-state index in [2.05, 4.69) is 25.3 Å². The van der Waals surface area contributed by atoms with E-state index < -0.39 is 17.7 Å². The second-order valence-electron chi connectivity index (χ2n) is 12.2. The normalized spacial score (nSPS) is 17.8. The van der Waals surface area contributed by atoms with Crippen LogP contribution in [0.5, 0.6) is 5.88 Å². The van der Waals surface area contributed by atoms with Crippen LogP contribution in [0.3, 0.4) is 0 Å².